The smallest absolute Gasteiger partial charge is 0.284 e. The van der Waals surface area contributed by atoms with E-state index >= 15 is 0 Å². The van der Waals surface area contributed by atoms with Gasteiger partial charge in [-0.1, -0.05) is 0 Å². The molecule has 3 rings (SSSR count). The molecule has 0 amide bonds. The Labute approximate surface area is 179 Å². The quantitative estimate of drug-likeness (QED) is 0.499. The molecule has 6 nitrogen and oxygen atoms in total. The number of aryl methyl sites for hydroxylation is 2. The highest BCUT2D eigenvalue weighted by Gasteiger charge is 2.47. The van der Waals surface area contributed by atoms with Crippen LogP contribution in [0.25, 0.3) is 10.2 Å². The maximum Gasteiger partial charge on any atom is 0.390 e. The van der Waals surface area contributed by atoms with Gasteiger partial charge in [0.1, 0.15) is 4.83 Å². The van der Waals surface area contributed by atoms with Crippen LogP contribution in [0.3, 0.4) is 0 Å². The highest BCUT2D eigenvalue weighted by Crippen LogP contribution is 2.44. The molecule has 0 saturated heterocycles. The average molecular weight is 468 g/mol. The number of halogens is 5. The fourth-order valence-electron chi connectivity index (χ4n) is 3.54. The molecular weight excluding hydrogens is 443 g/mol. The van der Waals surface area contributed by atoms with E-state index in [1.807, 2.05) is 20.8 Å². The summed E-state index contributed by atoms with van der Waals surface area (Å²) in [5, 5.41) is 0.106. The fraction of sp³-hybridized carbons (Fsp3) is 0.684. The molecule has 174 valence electrons. The summed E-state index contributed by atoms with van der Waals surface area (Å²) >= 11 is 1.06. The predicted molar refractivity (Wildman–Crippen MR) is 109 cm³/mol. The summed E-state index contributed by atoms with van der Waals surface area (Å²) in [6, 6.07) is -1.03. The second-order valence-corrected chi connectivity index (χ2v) is 10.0. The number of nitrogens with one attached hydrogen (secondary N) is 2. The Balaban J connectivity index is 2.10. The van der Waals surface area contributed by atoms with Gasteiger partial charge in [-0.3, -0.25) is 24.8 Å². The van der Waals surface area contributed by atoms with E-state index in [0.29, 0.717) is 15.0 Å². The van der Waals surface area contributed by atoms with Crippen molar-refractivity contribution in [3.8, 4) is 0 Å². The first kappa shape index (κ1) is 23.9. The summed E-state index contributed by atoms with van der Waals surface area (Å²) in [6.45, 7) is 7.03. The Morgan fingerprint density at radius 3 is 2.29 bits per heavy atom. The van der Waals surface area contributed by atoms with Gasteiger partial charge in [0.05, 0.1) is 17.8 Å². The molecule has 0 aliphatic heterocycles. The van der Waals surface area contributed by atoms with Crippen LogP contribution < -0.4 is 22.1 Å². The number of aromatic nitrogens is 2. The third-order valence-electron chi connectivity index (χ3n) is 5.11. The van der Waals surface area contributed by atoms with Crippen LogP contribution in [0, 0.1) is 6.92 Å². The van der Waals surface area contributed by atoms with Gasteiger partial charge >= 0.3 is 11.9 Å². The van der Waals surface area contributed by atoms with Crippen LogP contribution >= 0.6 is 11.3 Å². The number of hydrazine groups is 1. The Kier molecular flexibility index (Phi) is 6.13. The second kappa shape index (κ2) is 7.96. The van der Waals surface area contributed by atoms with Gasteiger partial charge in [0.25, 0.3) is 11.5 Å². The lowest BCUT2D eigenvalue weighted by atomic mass is 9.88. The molecule has 0 bridgehead atoms. The SMILES string of the molecule is Cc1c(CNNC(C)(C)C)sc2c1c(=O)n(C1CC(F)(F)C1)c(=O)n2CCC(F)(F)F. The molecule has 0 unspecified atom stereocenters. The monoisotopic (exact) mass is 468 g/mol. The van der Waals surface area contributed by atoms with Gasteiger partial charge in [0, 0.05) is 36.3 Å². The number of thiophene rings is 1. The maximum atomic E-state index is 13.4. The molecular formula is C19H25F5N4O2S. The van der Waals surface area contributed by atoms with Gasteiger partial charge in [0.15, 0.2) is 0 Å². The summed E-state index contributed by atoms with van der Waals surface area (Å²) in [4.78, 5) is 26.8. The van der Waals surface area contributed by atoms with Crippen LogP contribution in [0.2, 0.25) is 0 Å². The lowest BCUT2D eigenvalue weighted by Crippen LogP contribution is -2.49. The van der Waals surface area contributed by atoms with Gasteiger partial charge in [-0.25, -0.2) is 13.6 Å². The lowest BCUT2D eigenvalue weighted by Gasteiger charge is -2.35. The van der Waals surface area contributed by atoms with Crippen LogP contribution in [-0.2, 0) is 13.1 Å². The van der Waals surface area contributed by atoms with Gasteiger partial charge < -0.3 is 0 Å². The fourth-order valence-corrected chi connectivity index (χ4v) is 4.79. The van der Waals surface area contributed by atoms with E-state index in [0.717, 1.165) is 15.9 Å². The zero-order valence-corrected chi connectivity index (χ0v) is 18.4. The highest BCUT2D eigenvalue weighted by atomic mass is 32.1. The molecule has 2 aromatic heterocycles. The van der Waals surface area contributed by atoms with E-state index in [9.17, 15) is 31.5 Å². The normalized spacial score (nSPS) is 17.3. The maximum absolute atomic E-state index is 13.4. The van der Waals surface area contributed by atoms with E-state index < -0.39 is 55.2 Å². The Morgan fingerprint density at radius 1 is 1.16 bits per heavy atom. The van der Waals surface area contributed by atoms with Gasteiger partial charge in [-0.05, 0) is 33.3 Å². The number of fused-ring (bicyclic) bond motifs is 1. The third-order valence-corrected chi connectivity index (χ3v) is 6.42. The second-order valence-electron chi connectivity index (χ2n) is 8.95. The zero-order chi connectivity index (χ0) is 23.4. The zero-order valence-electron chi connectivity index (χ0n) is 17.6. The number of hydrogen-bond acceptors (Lipinski definition) is 5. The summed E-state index contributed by atoms with van der Waals surface area (Å²) in [7, 11) is 0. The van der Waals surface area contributed by atoms with Gasteiger partial charge in [-0.2, -0.15) is 13.2 Å². The predicted octanol–water partition coefficient (Wildman–Crippen LogP) is 3.85. The van der Waals surface area contributed by atoms with Gasteiger partial charge in [-0.15, -0.1) is 11.3 Å². The van der Waals surface area contributed by atoms with Crippen LogP contribution in [0.15, 0.2) is 9.59 Å². The van der Waals surface area contributed by atoms with Crippen LogP contribution in [-0.4, -0.2) is 26.8 Å². The molecule has 31 heavy (non-hydrogen) atoms. The van der Waals surface area contributed by atoms with E-state index in [-0.39, 0.29) is 22.3 Å². The molecule has 0 radical (unpaired) electrons. The van der Waals surface area contributed by atoms with E-state index in [1.165, 1.54) is 0 Å². The lowest BCUT2D eigenvalue weighted by molar-refractivity contribution is -0.136. The van der Waals surface area contributed by atoms with Crippen LogP contribution in [0.1, 0.15) is 56.5 Å². The molecule has 1 aliphatic carbocycles. The van der Waals surface area contributed by atoms with E-state index in [1.54, 1.807) is 6.92 Å². The van der Waals surface area contributed by atoms with Crippen molar-refractivity contribution in [3.05, 3.63) is 31.3 Å². The van der Waals surface area contributed by atoms with Crippen molar-refractivity contribution in [1.82, 2.24) is 20.0 Å². The highest BCUT2D eigenvalue weighted by molar-refractivity contribution is 7.18. The van der Waals surface area contributed by atoms with Crippen molar-refractivity contribution in [2.45, 2.75) is 83.7 Å². The minimum Gasteiger partial charge on any atom is -0.284 e. The first-order valence-corrected chi connectivity index (χ1v) is 10.6. The molecule has 1 aliphatic rings. The molecule has 1 saturated carbocycles. The minimum atomic E-state index is -4.51. The number of rotatable bonds is 6. The standard InChI is InChI=1S/C19H25F5N4O2S/c1-10-12(9-25-26-17(2,3)4)31-15-13(10)14(29)28(11-7-18(20,21)8-11)16(30)27(15)6-5-19(22,23)24/h11,25-26H,5-9H2,1-4H3. The summed E-state index contributed by atoms with van der Waals surface area (Å²) in [5.41, 5.74) is 4.63. The van der Waals surface area contributed by atoms with Gasteiger partial charge in [0.2, 0.25) is 0 Å². The Morgan fingerprint density at radius 2 is 1.77 bits per heavy atom. The largest absolute Gasteiger partial charge is 0.390 e. The number of hydrogen-bond donors (Lipinski definition) is 2. The first-order chi connectivity index (χ1) is 14.1. The molecule has 2 N–H and O–H groups in total. The van der Waals surface area contributed by atoms with E-state index in [4.69, 9.17) is 0 Å². The molecule has 2 heterocycles. The molecule has 12 heteroatoms. The van der Waals surface area contributed by atoms with Crippen molar-refractivity contribution in [3.63, 3.8) is 0 Å². The van der Waals surface area contributed by atoms with Crippen LogP contribution in [0.4, 0.5) is 22.0 Å². The number of nitrogens with zero attached hydrogens (tertiary/aromatic N) is 2. The molecule has 0 spiro atoms. The molecule has 1 fully saturated rings. The number of alkyl halides is 5. The summed E-state index contributed by atoms with van der Waals surface area (Å²) in [6.07, 6.45) is -7.14. The van der Waals surface area contributed by atoms with Crippen molar-refractivity contribution >= 4 is 21.6 Å². The molecule has 0 atom stereocenters. The average Bonchev–Trinajstić information content (AvgIpc) is 2.88. The minimum absolute atomic E-state index is 0.106. The Hall–Kier alpha value is -1.79. The first-order valence-electron chi connectivity index (χ1n) is 9.81. The Bertz CT molecular complexity index is 1090. The van der Waals surface area contributed by atoms with E-state index in [2.05, 4.69) is 10.9 Å². The third kappa shape index (κ3) is 5.17. The topological polar surface area (TPSA) is 68.1 Å². The summed E-state index contributed by atoms with van der Waals surface area (Å²) < 4.78 is 67.0. The van der Waals surface area contributed by atoms with Crippen molar-refractivity contribution in [2.75, 3.05) is 0 Å². The summed E-state index contributed by atoms with van der Waals surface area (Å²) in [5.74, 6) is -2.99. The van der Waals surface area contributed by atoms with Crippen LogP contribution in [0.5, 0.6) is 0 Å². The van der Waals surface area contributed by atoms with Crippen molar-refractivity contribution in [1.29, 1.82) is 0 Å². The van der Waals surface area contributed by atoms with Crippen molar-refractivity contribution in [2.24, 2.45) is 0 Å². The van der Waals surface area contributed by atoms with Crippen molar-refractivity contribution < 1.29 is 22.0 Å². The molecule has 2 aromatic rings. The molecule has 0 aromatic carbocycles.